The number of benzene rings is 11. The van der Waals surface area contributed by atoms with Gasteiger partial charge in [0.15, 0.2) is 0 Å². The molecule has 0 atom stereocenters. The van der Waals surface area contributed by atoms with Gasteiger partial charge in [-0.1, -0.05) is 188 Å². The number of hydrogen-bond acceptors (Lipinski definition) is 0. The van der Waals surface area contributed by atoms with E-state index in [4.69, 9.17) is 0 Å². The molecule has 0 nitrogen and oxygen atoms in total. The average molecular weight is 683 g/mol. The maximum atomic E-state index is 2.47. The predicted molar refractivity (Wildman–Crippen MR) is 232 cm³/mol. The van der Waals surface area contributed by atoms with Crippen molar-refractivity contribution >= 4 is 53.9 Å². The second-order valence-corrected chi connectivity index (χ2v) is 14.4. The number of rotatable bonds is 5. The van der Waals surface area contributed by atoms with Crippen molar-refractivity contribution in [3.63, 3.8) is 0 Å². The molecule has 0 N–H and O–H groups in total. The lowest BCUT2D eigenvalue weighted by Crippen LogP contribution is -1.95. The molecule has 0 saturated heterocycles. The van der Waals surface area contributed by atoms with Crippen LogP contribution in [-0.2, 0) is 0 Å². The van der Waals surface area contributed by atoms with Crippen LogP contribution in [0, 0.1) is 0 Å². The van der Waals surface area contributed by atoms with E-state index in [9.17, 15) is 0 Å². The molecule has 0 radical (unpaired) electrons. The molecule has 0 aliphatic heterocycles. The second-order valence-electron chi connectivity index (χ2n) is 14.4. The van der Waals surface area contributed by atoms with Crippen LogP contribution in [0.4, 0.5) is 0 Å². The molecule has 11 rings (SSSR count). The van der Waals surface area contributed by atoms with Crippen molar-refractivity contribution < 1.29 is 0 Å². The monoisotopic (exact) mass is 682 g/mol. The summed E-state index contributed by atoms with van der Waals surface area (Å²) in [5, 5.41) is 12.7. The summed E-state index contributed by atoms with van der Waals surface area (Å²) in [5.74, 6) is 0. The molecule has 0 aliphatic rings. The quantitative estimate of drug-likeness (QED) is 0.159. The Hall–Kier alpha value is -7.02. The van der Waals surface area contributed by atoms with Crippen LogP contribution in [0.25, 0.3) is 109 Å². The van der Waals surface area contributed by atoms with Crippen LogP contribution in [0.3, 0.4) is 0 Å². The Morgan fingerprint density at radius 2 is 0.648 bits per heavy atom. The molecule has 11 aromatic rings. The largest absolute Gasteiger partial charge is 0.0622 e. The SMILES string of the molecule is c1ccc(-c2ccccc2-c2cc(-c3cccc4ccccc34)c3ccc4c(-c5ccccc5)cc(-c5ccc6ccccc6c5)c5ccc2c3c45)cc1. The van der Waals surface area contributed by atoms with E-state index in [1.165, 1.54) is 109 Å². The molecule has 0 heteroatoms. The van der Waals surface area contributed by atoms with Gasteiger partial charge in [0.05, 0.1) is 0 Å². The summed E-state index contributed by atoms with van der Waals surface area (Å²) < 4.78 is 0. The standard InChI is InChI=1S/C54H34/c1-3-15-36(16-4-1)41-23-11-12-24-43(41)51-34-52(44-25-13-21-37-19-9-10-22-42(37)44)48-30-28-45-49(38-17-5-2-6-18-38)33-50(46-29-31-47(51)54(48)53(45)46)40-27-26-35-14-7-8-20-39(35)32-40/h1-34H. The zero-order valence-corrected chi connectivity index (χ0v) is 29.6. The Morgan fingerprint density at radius 1 is 0.185 bits per heavy atom. The second kappa shape index (κ2) is 12.3. The van der Waals surface area contributed by atoms with Crippen LogP contribution in [0.2, 0.25) is 0 Å². The van der Waals surface area contributed by atoms with Crippen LogP contribution in [0.5, 0.6) is 0 Å². The van der Waals surface area contributed by atoms with Gasteiger partial charge in [-0.25, -0.2) is 0 Å². The Kier molecular flexibility index (Phi) is 6.97. The molecule has 0 spiro atoms. The summed E-state index contributed by atoms with van der Waals surface area (Å²) in [6, 6.07) is 76.2. The fourth-order valence-electron chi connectivity index (χ4n) is 8.94. The van der Waals surface area contributed by atoms with Gasteiger partial charge in [-0.3, -0.25) is 0 Å². The van der Waals surface area contributed by atoms with Crippen LogP contribution >= 0.6 is 0 Å². The van der Waals surface area contributed by atoms with Crippen LogP contribution in [0.15, 0.2) is 206 Å². The first kappa shape index (κ1) is 30.6. The molecular formula is C54H34. The summed E-state index contributed by atoms with van der Waals surface area (Å²) in [7, 11) is 0. The van der Waals surface area contributed by atoms with E-state index >= 15 is 0 Å². The lowest BCUT2D eigenvalue weighted by molar-refractivity contribution is 1.60. The van der Waals surface area contributed by atoms with E-state index in [0.717, 1.165) is 0 Å². The van der Waals surface area contributed by atoms with Crippen molar-refractivity contribution in [2.45, 2.75) is 0 Å². The molecule has 0 amide bonds. The van der Waals surface area contributed by atoms with Crippen molar-refractivity contribution in [2.24, 2.45) is 0 Å². The van der Waals surface area contributed by atoms with E-state index in [-0.39, 0.29) is 0 Å². The summed E-state index contributed by atoms with van der Waals surface area (Å²) >= 11 is 0. The van der Waals surface area contributed by atoms with Crippen molar-refractivity contribution in [3.05, 3.63) is 206 Å². The topological polar surface area (TPSA) is 0 Å². The summed E-state index contributed by atoms with van der Waals surface area (Å²) in [4.78, 5) is 0. The molecule has 54 heavy (non-hydrogen) atoms. The van der Waals surface area contributed by atoms with Gasteiger partial charge >= 0.3 is 0 Å². The molecule has 0 fully saturated rings. The molecule has 0 heterocycles. The predicted octanol–water partition coefficient (Wildman–Crippen LogP) is 15.2. The minimum atomic E-state index is 1.22. The third kappa shape index (κ3) is 4.78. The molecule has 0 bridgehead atoms. The lowest BCUT2D eigenvalue weighted by atomic mass is 9.80. The minimum absolute atomic E-state index is 1.22. The van der Waals surface area contributed by atoms with Crippen LogP contribution in [-0.4, -0.2) is 0 Å². The van der Waals surface area contributed by atoms with Crippen molar-refractivity contribution in [1.29, 1.82) is 0 Å². The van der Waals surface area contributed by atoms with Gasteiger partial charge in [0, 0.05) is 0 Å². The molecule has 0 aromatic heterocycles. The summed E-state index contributed by atoms with van der Waals surface area (Å²) in [5.41, 5.74) is 12.4. The highest BCUT2D eigenvalue weighted by molar-refractivity contribution is 6.32. The van der Waals surface area contributed by atoms with E-state index < -0.39 is 0 Å². The van der Waals surface area contributed by atoms with Crippen molar-refractivity contribution in [2.75, 3.05) is 0 Å². The first-order chi connectivity index (χ1) is 26.8. The molecule has 0 aliphatic carbocycles. The zero-order chi connectivity index (χ0) is 35.6. The number of hydrogen-bond donors (Lipinski definition) is 0. The molecule has 11 aromatic carbocycles. The normalized spacial score (nSPS) is 11.7. The maximum Gasteiger partial charge on any atom is -0.00139 e. The van der Waals surface area contributed by atoms with E-state index in [2.05, 4.69) is 206 Å². The smallest absolute Gasteiger partial charge is 0.00139 e. The Morgan fingerprint density at radius 3 is 1.35 bits per heavy atom. The lowest BCUT2D eigenvalue weighted by Gasteiger charge is -2.22. The van der Waals surface area contributed by atoms with E-state index in [0.29, 0.717) is 0 Å². The average Bonchev–Trinajstić information content (AvgIpc) is 3.25. The van der Waals surface area contributed by atoms with Gasteiger partial charge in [-0.15, -0.1) is 0 Å². The van der Waals surface area contributed by atoms with Gasteiger partial charge in [-0.05, 0) is 128 Å². The van der Waals surface area contributed by atoms with E-state index in [1.54, 1.807) is 0 Å². The highest BCUT2D eigenvalue weighted by Gasteiger charge is 2.22. The third-order valence-electron chi connectivity index (χ3n) is 11.4. The Labute approximate surface area is 314 Å². The summed E-state index contributed by atoms with van der Waals surface area (Å²) in [6.45, 7) is 0. The summed E-state index contributed by atoms with van der Waals surface area (Å²) in [6.07, 6.45) is 0. The van der Waals surface area contributed by atoms with Crippen molar-refractivity contribution in [1.82, 2.24) is 0 Å². The number of fused-ring (bicyclic) bond motifs is 2. The van der Waals surface area contributed by atoms with Crippen molar-refractivity contribution in [3.8, 4) is 55.6 Å². The fourth-order valence-corrected chi connectivity index (χ4v) is 8.94. The first-order valence-corrected chi connectivity index (χ1v) is 18.8. The van der Waals surface area contributed by atoms with Gasteiger partial charge < -0.3 is 0 Å². The van der Waals surface area contributed by atoms with Crippen LogP contribution in [0.1, 0.15) is 0 Å². The van der Waals surface area contributed by atoms with Gasteiger partial charge in [-0.2, -0.15) is 0 Å². The highest BCUT2D eigenvalue weighted by Crippen LogP contribution is 2.50. The highest BCUT2D eigenvalue weighted by atomic mass is 14.3. The Balaban J connectivity index is 1.32. The van der Waals surface area contributed by atoms with Gasteiger partial charge in [0.2, 0.25) is 0 Å². The minimum Gasteiger partial charge on any atom is -0.0622 e. The van der Waals surface area contributed by atoms with Crippen LogP contribution < -0.4 is 0 Å². The molecule has 0 saturated carbocycles. The molecular weight excluding hydrogens is 649 g/mol. The third-order valence-corrected chi connectivity index (χ3v) is 11.4. The zero-order valence-electron chi connectivity index (χ0n) is 29.6. The van der Waals surface area contributed by atoms with Gasteiger partial charge in [0.25, 0.3) is 0 Å². The molecule has 0 unspecified atom stereocenters. The first-order valence-electron chi connectivity index (χ1n) is 18.8. The Bertz CT molecular complexity index is 3180. The fraction of sp³-hybridized carbons (Fsp3) is 0. The molecule has 250 valence electrons. The maximum absolute atomic E-state index is 2.47. The van der Waals surface area contributed by atoms with E-state index in [1.807, 2.05) is 0 Å². The van der Waals surface area contributed by atoms with Gasteiger partial charge in [0.1, 0.15) is 0 Å².